The minimum absolute atomic E-state index is 0.0270. The highest BCUT2D eigenvalue weighted by molar-refractivity contribution is 5.98. The third-order valence-corrected chi connectivity index (χ3v) is 5.61. The number of piperidine rings is 1. The Hall–Kier alpha value is -0.860. The number of carbonyl (C=O) groups excluding carboxylic acids is 2. The molecule has 3 nitrogen and oxygen atoms in total. The lowest BCUT2D eigenvalue weighted by Crippen LogP contribution is -2.48. The molecule has 18 heavy (non-hydrogen) atoms. The largest absolute Gasteiger partial charge is 0.286 e. The van der Waals surface area contributed by atoms with Gasteiger partial charge in [-0.3, -0.25) is 14.5 Å². The van der Waals surface area contributed by atoms with Crippen LogP contribution in [0.4, 0.5) is 0 Å². The average Bonchev–Trinajstić information content (AvgIpc) is 2.36. The Morgan fingerprint density at radius 3 is 2.28 bits per heavy atom. The molecular weight excluding hydrogens is 226 g/mol. The first-order chi connectivity index (χ1) is 8.60. The summed E-state index contributed by atoms with van der Waals surface area (Å²) >= 11 is 0. The van der Waals surface area contributed by atoms with E-state index in [1.54, 1.807) is 7.05 Å². The minimum atomic E-state index is 0.0270. The number of hydrogen-bond donors (Lipinski definition) is 0. The summed E-state index contributed by atoms with van der Waals surface area (Å²) in [6, 6.07) is 0. The molecule has 2 atom stereocenters. The summed E-state index contributed by atoms with van der Waals surface area (Å²) in [4.78, 5) is 25.2. The lowest BCUT2D eigenvalue weighted by molar-refractivity contribution is -0.154. The molecule has 2 aliphatic carbocycles. The zero-order chi connectivity index (χ0) is 12.8. The van der Waals surface area contributed by atoms with Crippen LogP contribution in [0.2, 0.25) is 0 Å². The number of amides is 2. The number of hydrogen-bond acceptors (Lipinski definition) is 2. The first-order valence-electron chi connectivity index (χ1n) is 7.39. The Bertz CT molecular complexity index is 359. The Morgan fingerprint density at radius 1 is 1.00 bits per heavy atom. The molecule has 100 valence electrons. The number of nitrogens with zero attached hydrogens (tertiary/aromatic N) is 1. The summed E-state index contributed by atoms with van der Waals surface area (Å²) in [6.07, 6.45) is 10.1. The molecule has 2 saturated carbocycles. The van der Waals surface area contributed by atoms with Crippen LogP contribution in [-0.4, -0.2) is 23.8 Å². The van der Waals surface area contributed by atoms with Gasteiger partial charge >= 0.3 is 0 Å². The van der Waals surface area contributed by atoms with E-state index >= 15 is 0 Å². The molecule has 3 rings (SSSR count). The fourth-order valence-corrected chi connectivity index (χ4v) is 4.48. The van der Waals surface area contributed by atoms with Gasteiger partial charge in [0.25, 0.3) is 0 Å². The van der Waals surface area contributed by atoms with Gasteiger partial charge in [0.15, 0.2) is 0 Å². The van der Waals surface area contributed by atoms with Crippen LogP contribution in [0, 0.1) is 17.3 Å². The molecule has 1 heterocycles. The van der Waals surface area contributed by atoms with Crippen LogP contribution < -0.4 is 0 Å². The summed E-state index contributed by atoms with van der Waals surface area (Å²) in [6.45, 7) is 0. The van der Waals surface area contributed by atoms with Crippen LogP contribution in [0.5, 0.6) is 0 Å². The van der Waals surface area contributed by atoms with Gasteiger partial charge in [0.2, 0.25) is 11.8 Å². The molecule has 2 amide bonds. The monoisotopic (exact) mass is 249 g/mol. The molecule has 3 fully saturated rings. The van der Waals surface area contributed by atoms with Crippen molar-refractivity contribution in [3.63, 3.8) is 0 Å². The van der Waals surface area contributed by atoms with Crippen molar-refractivity contribution in [1.82, 2.24) is 4.90 Å². The Balaban J connectivity index is 1.76. The van der Waals surface area contributed by atoms with Crippen molar-refractivity contribution in [3.8, 4) is 0 Å². The van der Waals surface area contributed by atoms with Crippen LogP contribution in [0.3, 0.4) is 0 Å². The standard InChI is InChI=1S/C15H23NO2/c1-16-13(17)9-15(10-14(16)18)7-6-11-4-2-3-5-12(11)8-15/h11-12H,2-10H2,1H3/t11-,12+/m1/s1. The van der Waals surface area contributed by atoms with Crippen molar-refractivity contribution in [2.24, 2.45) is 17.3 Å². The maximum Gasteiger partial charge on any atom is 0.229 e. The maximum absolute atomic E-state index is 11.9. The molecule has 0 N–H and O–H groups in total. The summed E-state index contributed by atoms with van der Waals surface area (Å²) < 4.78 is 0. The first kappa shape index (κ1) is 12.2. The summed E-state index contributed by atoms with van der Waals surface area (Å²) in [5, 5.41) is 0. The predicted octanol–water partition coefficient (Wildman–Crippen LogP) is 2.74. The quantitative estimate of drug-likeness (QED) is 0.619. The van der Waals surface area contributed by atoms with E-state index < -0.39 is 0 Å². The molecule has 0 aromatic carbocycles. The van der Waals surface area contributed by atoms with Gasteiger partial charge in [0.1, 0.15) is 0 Å². The molecule has 0 unspecified atom stereocenters. The lowest BCUT2D eigenvalue weighted by atomic mass is 9.58. The molecule has 0 aromatic heterocycles. The Kier molecular flexibility index (Phi) is 2.95. The summed E-state index contributed by atoms with van der Waals surface area (Å²) in [5.74, 6) is 1.76. The molecular formula is C15H23NO2. The van der Waals surface area contributed by atoms with Gasteiger partial charge in [-0.1, -0.05) is 25.7 Å². The molecule has 1 spiro atoms. The predicted molar refractivity (Wildman–Crippen MR) is 68.7 cm³/mol. The Labute approximate surface area is 109 Å². The van der Waals surface area contributed by atoms with Gasteiger partial charge in [0.05, 0.1) is 0 Å². The van der Waals surface area contributed by atoms with E-state index in [1.807, 2.05) is 0 Å². The number of fused-ring (bicyclic) bond motifs is 1. The van der Waals surface area contributed by atoms with Crippen LogP contribution in [0.1, 0.15) is 57.8 Å². The molecule has 0 aromatic rings. The molecule has 1 aliphatic heterocycles. The molecule has 0 radical (unpaired) electrons. The number of rotatable bonds is 0. The Morgan fingerprint density at radius 2 is 1.61 bits per heavy atom. The third kappa shape index (κ3) is 1.98. The van der Waals surface area contributed by atoms with Crippen molar-refractivity contribution in [3.05, 3.63) is 0 Å². The molecule has 1 saturated heterocycles. The summed E-state index contributed by atoms with van der Waals surface area (Å²) in [5.41, 5.74) is 0.0270. The maximum atomic E-state index is 11.9. The number of carbonyl (C=O) groups is 2. The number of likely N-dealkylation sites (tertiary alicyclic amines) is 1. The molecule has 3 heteroatoms. The highest BCUT2D eigenvalue weighted by Crippen LogP contribution is 2.52. The lowest BCUT2D eigenvalue weighted by Gasteiger charge is -2.48. The van der Waals surface area contributed by atoms with Crippen molar-refractivity contribution in [2.45, 2.75) is 57.8 Å². The zero-order valence-electron chi connectivity index (χ0n) is 11.3. The molecule has 3 aliphatic rings. The highest BCUT2D eigenvalue weighted by Gasteiger charge is 2.47. The van der Waals surface area contributed by atoms with Gasteiger partial charge in [-0.05, 0) is 36.5 Å². The second-order valence-electron chi connectivity index (χ2n) is 6.75. The average molecular weight is 249 g/mol. The van der Waals surface area contributed by atoms with Crippen molar-refractivity contribution in [2.75, 3.05) is 7.05 Å². The normalized spacial score (nSPS) is 35.7. The van der Waals surface area contributed by atoms with Crippen molar-refractivity contribution < 1.29 is 9.59 Å². The molecule has 0 bridgehead atoms. The van der Waals surface area contributed by atoms with Crippen molar-refractivity contribution in [1.29, 1.82) is 0 Å². The van der Waals surface area contributed by atoms with Gasteiger partial charge in [-0.15, -0.1) is 0 Å². The van der Waals surface area contributed by atoms with Gasteiger partial charge in [-0.2, -0.15) is 0 Å². The smallest absolute Gasteiger partial charge is 0.229 e. The van der Waals surface area contributed by atoms with E-state index in [-0.39, 0.29) is 17.2 Å². The van der Waals surface area contributed by atoms with E-state index in [1.165, 1.54) is 37.0 Å². The SMILES string of the molecule is CN1C(=O)CC2(CC[C@H]3CCCC[C@H]3C2)CC1=O. The van der Waals surface area contributed by atoms with Gasteiger partial charge < -0.3 is 0 Å². The fourth-order valence-electron chi connectivity index (χ4n) is 4.48. The van der Waals surface area contributed by atoms with Crippen LogP contribution in [-0.2, 0) is 9.59 Å². The van der Waals surface area contributed by atoms with Crippen LogP contribution >= 0.6 is 0 Å². The van der Waals surface area contributed by atoms with E-state index in [4.69, 9.17) is 0 Å². The van der Waals surface area contributed by atoms with Crippen molar-refractivity contribution >= 4 is 11.8 Å². The topological polar surface area (TPSA) is 37.4 Å². The van der Waals surface area contributed by atoms with Gasteiger partial charge in [-0.25, -0.2) is 0 Å². The highest BCUT2D eigenvalue weighted by atomic mass is 16.2. The second-order valence-corrected chi connectivity index (χ2v) is 6.75. The van der Waals surface area contributed by atoms with Gasteiger partial charge in [0, 0.05) is 19.9 Å². The third-order valence-electron chi connectivity index (χ3n) is 5.61. The van der Waals surface area contributed by atoms with E-state index in [0.29, 0.717) is 12.8 Å². The second kappa shape index (κ2) is 4.36. The zero-order valence-corrected chi connectivity index (χ0v) is 11.3. The van der Waals surface area contributed by atoms with E-state index in [0.717, 1.165) is 24.7 Å². The first-order valence-corrected chi connectivity index (χ1v) is 7.39. The van der Waals surface area contributed by atoms with Crippen LogP contribution in [0.25, 0.3) is 0 Å². The van der Waals surface area contributed by atoms with E-state index in [2.05, 4.69) is 0 Å². The summed E-state index contributed by atoms with van der Waals surface area (Å²) in [7, 11) is 1.63. The van der Waals surface area contributed by atoms with E-state index in [9.17, 15) is 9.59 Å². The minimum Gasteiger partial charge on any atom is -0.286 e. The number of imide groups is 1. The fraction of sp³-hybridized carbons (Fsp3) is 0.867. The van der Waals surface area contributed by atoms with Crippen LogP contribution in [0.15, 0.2) is 0 Å².